The molecule has 26 heavy (non-hydrogen) atoms. The highest BCUT2D eigenvalue weighted by Crippen LogP contribution is 2.30. The van der Waals surface area contributed by atoms with Gasteiger partial charge in [-0.25, -0.2) is 0 Å². The first-order valence-electron chi connectivity index (χ1n) is 8.07. The van der Waals surface area contributed by atoms with Crippen molar-refractivity contribution < 1.29 is 19.1 Å². The van der Waals surface area contributed by atoms with Crippen molar-refractivity contribution >= 4 is 23.6 Å². The second-order valence-electron chi connectivity index (χ2n) is 5.51. The van der Waals surface area contributed by atoms with E-state index >= 15 is 0 Å². The number of ether oxygens (including phenoxy) is 2. The number of rotatable bonds is 7. The molecule has 0 saturated heterocycles. The van der Waals surface area contributed by atoms with Crippen LogP contribution in [-0.2, 0) is 16.1 Å². The number of hydrogen-bond acceptors (Lipinski definition) is 4. The number of benzene rings is 2. The number of para-hydroxylation sites is 1. The molecular weight excluding hydrogens is 332 g/mol. The van der Waals surface area contributed by atoms with Crippen LogP contribution in [0.3, 0.4) is 0 Å². The quantitative estimate of drug-likeness (QED) is 0.750. The Morgan fingerprint density at radius 2 is 1.77 bits per heavy atom. The number of carbonyl (C=O) groups is 2. The summed E-state index contributed by atoms with van der Waals surface area (Å²) in [7, 11) is 3.13. The van der Waals surface area contributed by atoms with Gasteiger partial charge in [0, 0.05) is 30.8 Å². The van der Waals surface area contributed by atoms with Crippen LogP contribution in [0.15, 0.2) is 48.5 Å². The van der Waals surface area contributed by atoms with Crippen LogP contribution in [0.25, 0.3) is 6.08 Å². The van der Waals surface area contributed by atoms with E-state index in [4.69, 9.17) is 9.47 Å². The Balaban J connectivity index is 1.94. The van der Waals surface area contributed by atoms with Crippen molar-refractivity contribution in [3.8, 4) is 11.5 Å². The zero-order valence-corrected chi connectivity index (χ0v) is 15.0. The first-order valence-corrected chi connectivity index (χ1v) is 8.07. The van der Waals surface area contributed by atoms with Gasteiger partial charge in [0.15, 0.2) is 11.5 Å². The molecule has 2 N–H and O–H groups in total. The van der Waals surface area contributed by atoms with Crippen molar-refractivity contribution in [3.63, 3.8) is 0 Å². The normalized spacial score (nSPS) is 10.4. The van der Waals surface area contributed by atoms with Gasteiger partial charge in [-0.1, -0.05) is 24.3 Å². The molecule has 0 heterocycles. The average molecular weight is 354 g/mol. The maximum Gasteiger partial charge on any atom is 0.244 e. The number of hydrogen-bond donors (Lipinski definition) is 2. The SMILES string of the molecule is COc1cccc(CNC(=O)/C=C/c2ccc(NC(C)=O)cc2)c1OC. The topological polar surface area (TPSA) is 76.7 Å². The van der Waals surface area contributed by atoms with E-state index in [-0.39, 0.29) is 11.8 Å². The number of methoxy groups -OCH3 is 2. The van der Waals surface area contributed by atoms with Crippen LogP contribution < -0.4 is 20.1 Å². The molecule has 0 aliphatic heterocycles. The Labute approximate surface area is 152 Å². The van der Waals surface area contributed by atoms with Crippen molar-refractivity contribution in [2.45, 2.75) is 13.5 Å². The fraction of sp³-hybridized carbons (Fsp3) is 0.200. The average Bonchev–Trinajstić information content (AvgIpc) is 2.64. The smallest absolute Gasteiger partial charge is 0.244 e. The standard InChI is InChI=1S/C20H22N2O4/c1-14(23)22-17-10-7-15(8-11-17)9-12-19(24)21-13-16-5-4-6-18(25-2)20(16)26-3/h4-12H,13H2,1-3H3,(H,21,24)(H,22,23)/b12-9+. The molecule has 6 heteroatoms. The fourth-order valence-electron chi connectivity index (χ4n) is 2.39. The van der Waals surface area contributed by atoms with Gasteiger partial charge in [-0.2, -0.15) is 0 Å². The Bertz CT molecular complexity index is 798. The molecule has 2 aromatic rings. The molecule has 0 aliphatic rings. The molecule has 0 spiro atoms. The van der Waals surface area contributed by atoms with E-state index in [1.54, 1.807) is 38.5 Å². The summed E-state index contributed by atoms with van der Waals surface area (Å²) in [4.78, 5) is 23.0. The Hall–Kier alpha value is -3.28. The number of amides is 2. The van der Waals surface area contributed by atoms with E-state index in [1.165, 1.54) is 13.0 Å². The van der Waals surface area contributed by atoms with Gasteiger partial charge in [-0.15, -0.1) is 0 Å². The molecule has 0 fully saturated rings. The molecule has 0 aliphatic carbocycles. The van der Waals surface area contributed by atoms with E-state index in [9.17, 15) is 9.59 Å². The highest BCUT2D eigenvalue weighted by Gasteiger charge is 2.09. The molecule has 0 unspecified atom stereocenters. The zero-order chi connectivity index (χ0) is 18.9. The third kappa shape index (κ3) is 5.37. The molecular formula is C20H22N2O4. The maximum absolute atomic E-state index is 12.0. The first-order chi connectivity index (χ1) is 12.5. The second kappa shape index (κ2) is 9.27. The summed E-state index contributed by atoms with van der Waals surface area (Å²) in [5, 5.41) is 5.51. The van der Waals surface area contributed by atoms with Crippen LogP contribution >= 0.6 is 0 Å². The lowest BCUT2D eigenvalue weighted by molar-refractivity contribution is -0.116. The second-order valence-corrected chi connectivity index (χ2v) is 5.51. The highest BCUT2D eigenvalue weighted by atomic mass is 16.5. The Morgan fingerprint density at radius 3 is 2.38 bits per heavy atom. The third-order valence-electron chi connectivity index (χ3n) is 3.60. The molecule has 0 radical (unpaired) electrons. The summed E-state index contributed by atoms with van der Waals surface area (Å²) in [5.41, 5.74) is 2.39. The highest BCUT2D eigenvalue weighted by molar-refractivity contribution is 5.92. The molecule has 0 bridgehead atoms. The van der Waals surface area contributed by atoms with Gasteiger partial charge >= 0.3 is 0 Å². The van der Waals surface area contributed by atoms with E-state index in [0.717, 1.165) is 11.1 Å². The Kier molecular flexibility index (Phi) is 6.79. The monoisotopic (exact) mass is 354 g/mol. The van der Waals surface area contributed by atoms with Gasteiger partial charge in [0.2, 0.25) is 11.8 Å². The van der Waals surface area contributed by atoms with Gasteiger partial charge in [0.1, 0.15) is 0 Å². The van der Waals surface area contributed by atoms with E-state index in [0.29, 0.717) is 23.7 Å². The molecule has 6 nitrogen and oxygen atoms in total. The molecule has 0 atom stereocenters. The van der Waals surface area contributed by atoms with Crippen molar-refractivity contribution in [1.82, 2.24) is 5.32 Å². The Morgan fingerprint density at radius 1 is 1.04 bits per heavy atom. The van der Waals surface area contributed by atoms with Crippen LogP contribution in [0.1, 0.15) is 18.1 Å². The zero-order valence-electron chi connectivity index (χ0n) is 15.0. The number of nitrogens with one attached hydrogen (secondary N) is 2. The summed E-state index contributed by atoms with van der Waals surface area (Å²) in [6.07, 6.45) is 3.16. The van der Waals surface area contributed by atoms with E-state index < -0.39 is 0 Å². The summed E-state index contributed by atoms with van der Waals surface area (Å²) >= 11 is 0. The molecule has 2 amide bonds. The van der Waals surface area contributed by atoms with Gasteiger partial charge in [-0.05, 0) is 29.8 Å². The lowest BCUT2D eigenvalue weighted by Crippen LogP contribution is -2.20. The molecule has 0 saturated carbocycles. The maximum atomic E-state index is 12.0. The predicted octanol–water partition coefficient (Wildman–Crippen LogP) is 2.99. The summed E-state index contributed by atoms with van der Waals surface area (Å²) in [6.45, 7) is 1.78. The van der Waals surface area contributed by atoms with Gasteiger partial charge < -0.3 is 20.1 Å². The molecule has 2 aromatic carbocycles. The van der Waals surface area contributed by atoms with Crippen molar-refractivity contribution in [2.24, 2.45) is 0 Å². The fourth-order valence-corrected chi connectivity index (χ4v) is 2.39. The summed E-state index contributed by atoms with van der Waals surface area (Å²) in [5.74, 6) is 0.878. The van der Waals surface area contributed by atoms with Gasteiger partial charge in [0.25, 0.3) is 0 Å². The van der Waals surface area contributed by atoms with Crippen LogP contribution in [0.5, 0.6) is 11.5 Å². The molecule has 0 aromatic heterocycles. The first kappa shape index (κ1) is 19.1. The number of anilines is 1. The minimum atomic E-state index is -0.221. The van der Waals surface area contributed by atoms with Crippen molar-refractivity contribution in [1.29, 1.82) is 0 Å². The number of carbonyl (C=O) groups excluding carboxylic acids is 2. The lowest BCUT2D eigenvalue weighted by atomic mass is 10.1. The summed E-state index contributed by atoms with van der Waals surface area (Å²) < 4.78 is 10.6. The minimum absolute atomic E-state index is 0.124. The van der Waals surface area contributed by atoms with Crippen molar-refractivity contribution in [2.75, 3.05) is 19.5 Å². The van der Waals surface area contributed by atoms with Crippen LogP contribution in [0, 0.1) is 0 Å². The largest absolute Gasteiger partial charge is 0.493 e. The third-order valence-corrected chi connectivity index (χ3v) is 3.60. The molecule has 2 rings (SSSR count). The van der Waals surface area contributed by atoms with E-state index in [2.05, 4.69) is 10.6 Å². The summed E-state index contributed by atoms with van der Waals surface area (Å²) in [6, 6.07) is 12.7. The van der Waals surface area contributed by atoms with Crippen LogP contribution in [0.2, 0.25) is 0 Å². The van der Waals surface area contributed by atoms with Crippen molar-refractivity contribution in [3.05, 3.63) is 59.7 Å². The lowest BCUT2D eigenvalue weighted by Gasteiger charge is -2.12. The molecule has 136 valence electrons. The van der Waals surface area contributed by atoms with E-state index in [1.807, 2.05) is 24.3 Å². The predicted molar refractivity (Wildman–Crippen MR) is 101 cm³/mol. The van der Waals surface area contributed by atoms with Crippen LogP contribution in [0.4, 0.5) is 5.69 Å². The van der Waals surface area contributed by atoms with Gasteiger partial charge in [0.05, 0.1) is 14.2 Å². The van der Waals surface area contributed by atoms with Crippen LogP contribution in [-0.4, -0.2) is 26.0 Å². The van der Waals surface area contributed by atoms with Gasteiger partial charge in [-0.3, -0.25) is 9.59 Å². The minimum Gasteiger partial charge on any atom is -0.493 e.